The summed E-state index contributed by atoms with van der Waals surface area (Å²) >= 11 is 1.29. The molecule has 3 heterocycles. The number of hydrogen-bond acceptors (Lipinski definition) is 4. The number of benzene rings is 1. The van der Waals surface area contributed by atoms with Gasteiger partial charge in [-0.2, -0.15) is 0 Å². The Kier molecular flexibility index (Phi) is 3.50. The average Bonchev–Trinajstić information content (AvgIpc) is 3.20. The largest absolute Gasteiger partial charge is 0.333 e. The third-order valence-electron chi connectivity index (χ3n) is 3.83. The van der Waals surface area contributed by atoms with E-state index in [4.69, 9.17) is 0 Å². The van der Waals surface area contributed by atoms with Gasteiger partial charge in [0.1, 0.15) is 5.82 Å². The van der Waals surface area contributed by atoms with E-state index < -0.39 is 0 Å². The first-order valence-corrected chi connectivity index (χ1v) is 8.17. The van der Waals surface area contributed by atoms with E-state index in [2.05, 4.69) is 10.2 Å². The second-order valence-electron chi connectivity index (χ2n) is 5.47. The van der Waals surface area contributed by atoms with Crippen LogP contribution in [0.2, 0.25) is 0 Å². The lowest BCUT2D eigenvalue weighted by atomic mass is 10.2. The summed E-state index contributed by atoms with van der Waals surface area (Å²) in [5, 5.41) is 8.69. The Hall–Kier alpha value is -2.80. The molecule has 0 saturated heterocycles. The van der Waals surface area contributed by atoms with Crippen molar-refractivity contribution < 1.29 is 9.18 Å². The highest BCUT2D eigenvalue weighted by Gasteiger charge is 2.18. The second-order valence-corrected chi connectivity index (χ2v) is 6.55. The molecule has 0 bridgehead atoms. The maximum atomic E-state index is 13.8. The minimum absolute atomic E-state index is 0.164. The average molecular weight is 340 g/mol. The normalized spacial score (nSPS) is 11.2. The van der Waals surface area contributed by atoms with Crippen molar-refractivity contribution in [1.82, 2.24) is 19.5 Å². The van der Waals surface area contributed by atoms with Crippen LogP contribution in [-0.2, 0) is 6.54 Å². The zero-order valence-electron chi connectivity index (χ0n) is 12.8. The molecule has 3 aromatic heterocycles. The molecular weight excluding hydrogens is 327 g/mol. The Morgan fingerprint density at radius 3 is 2.96 bits per heavy atom. The summed E-state index contributed by atoms with van der Waals surface area (Å²) in [5.41, 5.74) is 0.734. The number of amides is 1. The van der Waals surface area contributed by atoms with E-state index in [0.717, 1.165) is 10.3 Å². The van der Waals surface area contributed by atoms with Gasteiger partial charge in [-0.3, -0.25) is 9.20 Å². The molecule has 120 valence electrons. The number of fused-ring (bicyclic) bond motifs is 2. The van der Waals surface area contributed by atoms with E-state index in [0.29, 0.717) is 22.6 Å². The zero-order chi connectivity index (χ0) is 16.7. The van der Waals surface area contributed by atoms with E-state index in [1.54, 1.807) is 24.1 Å². The predicted octanol–water partition coefficient (Wildman–Crippen LogP) is 3.36. The van der Waals surface area contributed by atoms with E-state index >= 15 is 0 Å². The van der Waals surface area contributed by atoms with Crippen LogP contribution < -0.4 is 0 Å². The van der Waals surface area contributed by atoms with Crippen molar-refractivity contribution in [2.75, 3.05) is 7.05 Å². The molecule has 24 heavy (non-hydrogen) atoms. The molecular formula is C17H13FN4OS. The first-order chi connectivity index (χ1) is 11.6. The summed E-state index contributed by atoms with van der Waals surface area (Å²) in [6.45, 7) is 0.320. The lowest BCUT2D eigenvalue weighted by Gasteiger charge is -2.14. The Morgan fingerprint density at radius 1 is 1.25 bits per heavy atom. The van der Waals surface area contributed by atoms with Gasteiger partial charge in [0, 0.05) is 23.3 Å². The molecule has 0 unspecified atom stereocenters. The van der Waals surface area contributed by atoms with Crippen molar-refractivity contribution in [2.24, 2.45) is 0 Å². The molecule has 0 atom stereocenters. The number of pyridine rings is 1. The number of halogens is 1. The highest BCUT2D eigenvalue weighted by atomic mass is 32.1. The summed E-state index contributed by atoms with van der Waals surface area (Å²) in [6.07, 6.45) is 1.86. The Morgan fingerprint density at radius 2 is 2.12 bits per heavy atom. The van der Waals surface area contributed by atoms with Gasteiger partial charge >= 0.3 is 0 Å². The second kappa shape index (κ2) is 5.68. The maximum absolute atomic E-state index is 13.8. The van der Waals surface area contributed by atoms with Crippen molar-refractivity contribution in [3.8, 4) is 0 Å². The number of carbonyl (C=O) groups excluding carboxylic acids is 1. The maximum Gasteiger partial charge on any atom is 0.264 e. The van der Waals surface area contributed by atoms with Crippen molar-refractivity contribution >= 4 is 33.0 Å². The third-order valence-corrected chi connectivity index (χ3v) is 4.92. The summed E-state index contributed by atoms with van der Waals surface area (Å²) in [4.78, 5) is 14.7. The molecule has 0 aliphatic carbocycles. The number of thiophene rings is 1. The highest BCUT2D eigenvalue weighted by Crippen LogP contribution is 2.28. The van der Waals surface area contributed by atoms with Gasteiger partial charge in [-0.25, -0.2) is 4.39 Å². The van der Waals surface area contributed by atoms with Crippen LogP contribution in [0.1, 0.15) is 15.5 Å². The van der Waals surface area contributed by atoms with Gasteiger partial charge in [-0.1, -0.05) is 12.1 Å². The van der Waals surface area contributed by atoms with Crippen molar-refractivity contribution in [2.45, 2.75) is 6.54 Å². The molecule has 4 rings (SSSR count). The molecule has 0 aliphatic rings. The van der Waals surface area contributed by atoms with Crippen molar-refractivity contribution in [3.05, 3.63) is 65.2 Å². The lowest BCUT2D eigenvalue weighted by Crippen LogP contribution is -2.26. The number of aromatic nitrogens is 3. The van der Waals surface area contributed by atoms with Gasteiger partial charge in [0.05, 0.1) is 11.4 Å². The van der Waals surface area contributed by atoms with Crippen molar-refractivity contribution in [1.29, 1.82) is 0 Å². The smallest absolute Gasteiger partial charge is 0.264 e. The fourth-order valence-corrected chi connectivity index (χ4v) is 3.67. The van der Waals surface area contributed by atoms with Crippen LogP contribution in [0, 0.1) is 5.82 Å². The monoisotopic (exact) mass is 340 g/mol. The van der Waals surface area contributed by atoms with Gasteiger partial charge in [0.25, 0.3) is 5.91 Å². The fraction of sp³-hybridized carbons (Fsp3) is 0.118. The number of hydrogen-bond donors (Lipinski definition) is 0. The van der Waals surface area contributed by atoms with Crippen LogP contribution in [0.3, 0.4) is 0 Å². The molecule has 5 nitrogen and oxygen atoms in total. The van der Waals surface area contributed by atoms with Crippen LogP contribution in [0.4, 0.5) is 4.39 Å². The van der Waals surface area contributed by atoms with E-state index in [1.165, 1.54) is 17.4 Å². The van der Waals surface area contributed by atoms with Crippen LogP contribution in [0.15, 0.2) is 48.7 Å². The highest BCUT2D eigenvalue weighted by molar-refractivity contribution is 7.20. The molecule has 0 radical (unpaired) electrons. The third kappa shape index (κ3) is 2.43. The fourth-order valence-electron chi connectivity index (χ4n) is 2.60. The Bertz CT molecular complexity index is 1060. The van der Waals surface area contributed by atoms with E-state index in [1.807, 2.05) is 34.9 Å². The van der Waals surface area contributed by atoms with Gasteiger partial charge in [0.2, 0.25) is 0 Å². The topological polar surface area (TPSA) is 50.5 Å². The SMILES string of the molecule is CN(Cc1nnc2ccccn12)C(=O)c1cc2c(F)cccc2s1. The first-order valence-electron chi connectivity index (χ1n) is 7.35. The van der Waals surface area contributed by atoms with Gasteiger partial charge in [-0.15, -0.1) is 21.5 Å². The van der Waals surface area contributed by atoms with E-state index in [9.17, 15) is 9.18 Å². The molecule has 0 spiro atoms. The lowest BCUT2D eigenvalue weighted by molar-refractivity contribution is 0.0786. The molecule has 1 amide bonds. The number of rotatable bonds is 3. The Balaban J connectivity index is 1.62. The molecule has 0 aliphatic heterocycles. The van der Waals surface area contributed by atoms with Gasteiger partial charge < -0.3 is 4.90 Å². The molecule has 4 aromatic rings. The summed E-state index contributed by atoms with van der Waals surface area (Å²) < 4.78 is 16.4. The predicted molar refractivity (Wildman–Crippen MR) is 90.6 cm³/mol. The summed E-state index contributed by atoms with van der Waals surface area (Å²) in [5.74, 6) is 0.200. The number of nitrogens with zero attached hydrogens (tertiary/aromatic N) is 4. The minimum Gasteiger partial charge on any atom is -0.333 e. The molecule has 1 aromatic carbocycles. The van der Waals surface area contributed by atoms with Gasteiger partial charge in [-0.05, 0) is 30.3 Å². The van der Waals surface area contributed by atoms with Gasteiger partial charge in [0.15, 0.2) is 11.5 Å². The van der Waals surface area contributed by atoms with Crippen LogP contribution in [0.25, 0.3) is 15.7 Å². The standard InChI is InChI=1S/C17H13FN4OS/c1-21(10-16-20-19-15-7-2-3-8-22(15)16)17(23)14-9-11-12(18)5-4-6-13(11)24-14/h2-9H,10H2,1H3. The van der Waals surface area contributed by atoms with Crippen LogP contribution in [-0.4, -0.2) is 32.5 Å². The summed E-state index contributed by atoms with van der Waals surface area (Å²) in [7, 11) is 1.70. The van der Waals surface area contributed by atoms with Crippen LogP contribution >= 0.6 is 11.3 Å². The molecule has 7 heteroatoms. The molecule has 0 saturated carbocycles. The molecule has 0 N–H and O–H groups in total. The van der Waals surface area contributed by atoms with E-state index in [-0.39, 0.29) is 11.7 Å². The summed E-state index contributed by atoms with van der Waals surface area (Å²) in [6, 6.07) is 12.1. The minimum atomic E-state index is -0.311. The number of carbonyl (C=O) groups is 1. The zero-order valence-corrected chi connectivity index (χ0v) is 13.6. The van der Waals surface area contributed by atoms with Crippen LogP contribution in [0.5, 0.6) is 0 Å². The van der Waals surface area contributed by atoms with Crippen molar-refractivity contribution in [3.63, 3.8) is 0 Å². The molecule has 0 fully saturated rings. The Labute approximate surface area is 141 Å². The first kappa shape index (κ1) is 14.8. The quantitative estimate of drug-likeness (QED) is 0.575.